The Labute approximate surface area is 175 Å². The van der Waals surface area contributed by atoms with Crippen molar-refractivity contribution in [2.24, 2.45) is 5.92 Å². The van der Waals surface area contributed by atoms with Gasteiger partial charge in [0.1, 0.15) is 0 Å². The Hall–Kier alpha value is -1.88. The van der Waals surface area contributed by atoms with E-state index in [4.69, 9.17) is 0 Å². The summed E-state index contributed by atoms with van der Waals surface area (Å²) in [6.45, 7) is 5.66. The normalized spacial score (nSPS) is 29.7. The van der Waals surface area contributed by atoms with Crippen molar-refractivity contribution in [2.45, 2.75) is 63.9 Å². The molecular formula is C25H34N4. The van der Waals surface area contributed by atoms with Crippen molar-refractivity contribution in [3.8, 4) is 0 Å². The fourth-order valence-electron chi connectivity index (χ4n) is 5.58. The smallest absolute Gasteiger partial charge is 0.0656 e. The van der Waals surface area contributed by atoms with E-state index in [0.29, 0.717) is 24.3 Å². The number of nitrogens with zero attached hydrogens (tertiary/aromatic N) is 1. The van der Waals surface area contributed by atoms with Gasteiger partial charge >= 0.3 is 0 Å². The molecule has 2 saturated heterocycles. The summed E-state index contributed by atoms with van der Waals surface area (Å²) in [5.74, 6) is 0.653. The van der Waals surface area contributed by atoms with E-state index >= 15 is 0 Å². The van der Waals surface area contributed by atoms with Gasteiger partial charge in [-0.2, -0.15) is 0 Å². The number of fused-ring (bicyclic) bond motifs is 3. The number of anilines is 1. The molecule has 2 aliphatic heterocycles. The fourth-order valence-corrected chi connectivity index (χ4v) is 5.58. The minimum absolute atomic E-state index is 0.352. The Kier molecular flexibility index (Phi) is 5.58. The summed E-state index contributed by atoms with van der Waals surface area (Å²) in [5.41, 5.74) is 5.59. The zero-order chi connectivity index (χ0) is 19.6. The zero-order valence-electron chi connectivity index (χ0n) is 17.5. The van der Waals surface area contributed by atoms with Crippen LogP contribution in [-0.2, 0) is 13.0 Å². The molecule has 0 radical (unpaired) electrons. The molecule has 4 unspecified atom stereocenters. The van der Waals surface area contributed by atoms with Crippen molar-refractivity contribution >= 4 is 5.69 Å². The second kappa shape index (κ2) is 8.47. The molecule has 2 heterocycles. The number of rotatable bonds is 4. The fraction of sp³-hybridized carbons (Fsp3) is 0.520. The standard InChI is InChI=1S/C25H34N4/c1-18-27-24-22-13-11-21(26-17-19-8-4-2-5-9-19)16-20(22)10-12-23(24)25(28-18)29-14-6-3-7-15-29/h2,4-5,8-9,11,13,16,18,23-28H,3,6-7,10,12,14-15,17H2,1H3. The van der Waals surface area contributed by atoms with Crippen molar-refractivity contribution in [1.29, 1.82) is 0 Å². The molecule has 0 bridgehead atoms. The summed E-state index contributed by atoms with van der Waals surface area (Å²) in [5, 5.41) is 11.3. The molecule has 0 spiro atoms. The molecule has 2 fully saturated rings. The highest BCUT2D eigenvalue weighted by Gasteiger charge is 2.42. The summed E-state index contributed by atoms with van der Waals surface area (Å²) >= 11 is 0. The van der Waals surface area contributed by atoms with Crippen LogP contribution in [0.4, 0.5) is 5.69 Å². The van der Waals surface area contributed by atoms with Gasteiger partial charge in [0.05, 0.1) is 12.3 Å². The maximum Gasteiger partial charge on any atom is 0.0656 e. The highest BCUT2D eigenvalue weighted by Crippen LogP contribution is 2.40. The van der Waals surface area contributed by atoms with Crippen LogP contribution in [0, 0.1) is 5.92 Å². The number of aryl methyl sites for hydroxylation is 1. The molecule has 2 aromatic carbocycles. The van der Waals surface area contributed by atoms with Crippen molar-refractivity contribution in [3.05, 3.63) is 65.2 Å². The zero-order valence-corrected chi connectivity index (χ0v) is 17.5. The van der Waals surface area contributed by atoms with Crippen LogP contribution in [-0.4, -0.2) is 30.3 Å². The predicted molar refractivity (Wildman–Crippen MR) is 120 cm³/mol. The third kappa shape index (κ3) is 4.07. The van der Waals surface area contributed by atoms with Gasteiger partial charge in [0.2, 0.25) is 0 Å². The van der Waals surface area contributed by atoms with Crippen LogP contribution in [0.15, 0.2) is 48.5 Å². The molecule has 5 rings (SSSR count). The second-order valence-corrected chi connectivity index (χ2v) is 9.03. The number of hydrogen-bond acceptors (Lipinski definition) is 4. The Bertz CT molecular complexity index is 815. The number of benzene rings is 2. The Morgan fingerprint density at radius 1 is 1.00 bits per heavy atom. The number of hydrogen-bond donors (Lipinski definition) is 3. The van der Waals surface area contributed by atoms with Crippen LogP contribution in [0.5, 0.6) is 0 Å². The first-order valence-electron chi connectivity index (χ1n) is 11.4. The summed E-state index contributed by atoms with van der Waals surface area (Å²) in [6, 6.07) is 18.1. The largest absolute Gasteiger partial charge is 0.381 e. The van der Waals surface area contributed by atoms with Crippen LogP contribution in [0.1, 0.15) is 55.3 Å². The summed E-state index contributed by atoms with van der Waals surface area (Å²) in [7, 11) is 0. The van der Waals surface area contributed by atoms with Crippen molar-refractivity contribution in [2.75, 3.05) is 18.4 Å². The first kappa shape index (κ1) is 19.1. The second-order valence-electron chi connectivity index (χ2n) is 9.03. The monoisotopic (exact) mass is 390 g/mol. The molecule has 3 aliphatic rings. The molecular weight excluding hydrogens is 356 g/mol. The van der Waals surface area contributed by atoms with Gasteiger partial charge in [-0.15, -0.1) is 0 Å². The van der Waals surface area contributed by atoms with E-state index in [0.717, 1.165) is 6.54 Å². The van der Waals surface area contributed by atoms with E-state index in [2.05, 4.69) is 76.3 Å². The molecule has 4 nitrogen and oxygen atoms in total. The third-order valence-electron chi connectivity index (χ3n) is 7.03. The van der Waals surface area contributed by atoms with Gasteiger partial charge in [0, 0.05) is 24.2 Å². The molecule has 4 heteroatoms. The van der Waals surface area contributed by atoms with Gasteiger partial charge in [-0.05, 0) is 74.5 Å². The van der Waals surface area contributed by atoms with E-state index < -0.39 is 0 Å². The van der Waals surface area contributed by atoms with Gasteiger partial charge in [-0.25, -0.2) is 0 Å². The van der Waals surface area contributed by atoms with Gasteiger partial charge < -0.3 is 5.32 Å². The number of nitrogens with one attached hydrogen (secondary N) is 3. The Morgan fingerprint density at radius 3 is 2.66 bits per heavy atom. The lowest BCUT2D eigenvalue weighted by Gasteiger charge is -2.50. The minimum Gasteiger partial charge on any atom is -0.381 e. The average molecular weight is 391 g/mol. The summed E-state index contributed by atoms with van der Waals surface area (Å²) in [6.07, 6.45) is 7.40. The maximum atomic E-state index is 3.87. The highest BCUT2D eigenvalue weighted by molar-refractivity contribution is 5.51. The topological polar surface area (TPSA) is 39.3 Å². The van der Waals surface area contributed by atoms with Crippen LogP contribution >= 0.6 is 0 Å². The van der Waals surface area contributed by atoms with E-state index in [1.807, 2.05) is 0 Å². The van der Waals surface area contributed by atoms with E-state index in [-0.39, 0.29) is 0 Å². The number of likely N-dealkylation sites (tertiary alicyclic amines) is 1. The van der Waals surface area contributed by atoms with Gasteiger partial charge in [0.25, 0.3) is 0 Å². The van der Waals surface area contributed by atoms with Crippen molar-refractivity contribution < 1.29 is 0 Å². The SMILES string of the molecule is CC1NC2c3ccc(NCc4ccccc4)cc3CCC2C(N2CCCCC2)N1. The molecule has 29 heavy (non-hydrogen) atoms. The Balaban J connectivity index is 1.33. The summed E-state index contributed by atoms with van der Waals surface area (Å²) in [4.78, 5) is 2.72. The first-order valence-corrected chi connectivity index (χ1v) is 11.4. The minimum atomic E-state index is 0.352. The average Bonchev–Trinajstić information content (AvgIpc) is 2.78. The molecule has 3 N–H and O–H groups in total. The predicted octanol–water partition coefficient (Wildman–Crippen LogP) is 4.25. The van der Waals surface area contributed by atoms with Crippen LogP contribution in [0.2, 0.25) is 0 Å². The molecule has 2 aromatic rings. The van der Waals surface area contributed by atoms with Crippen LogP contribution < -0.4 is 16.0 Å². The van der Waals surface area contributed by atoms with Crippen molar-refractivity contribution in [3.63, 3.8) is 0 Å². The maximum absolute atomic E-state index is 3.87. The first-order chi connectivity index (χ1) is 14.3. The molecule has 0 aromatic heterocycles. The molecule has 0 amide bonds. The van der Waals surface area contributed by atoms with Gasteiger partial charge in [-0.1, -0.05) is 42.8 Å². The summed E-state index contributed by atoms with van der Waals surface area (Å²) < 4.78 is 0. The Morgan fingerprint density at radius 2 is 1.83 bits per heavy atom. The van der Waals surface area contributed by atoms with Gasteiger partial charge in [-0.3, -0.25) is 15.5 Å². The molecule has 4 atom stereocenters. The number of piperidine rings is 1. The molecule has 0 saturated carbocycles. The lowest BCUT2D eigenvalue weighted by atomic mass is 9.76. The third-order valence-corrected chi connectivity index (χ3v) is 7.03. The highest BCUT2D eigenvalue weighted by atomic mass is 15.3. The van der Waals surface area contributed by atoms with E-state index in [1.165, 1.54) is 67.6 Å². The van der Waals surface area contributed by atoms with E-state index in [9.17, 15) is 0 Å². The van der Waals surface area contributed by atoms with Crippen LogP contribution in [0.25, 0.3) is 0 Å². The van der Waals surface area contributed by atoms with E-state index in [1.54, 1.807) is 0 Å². The molecule has 154 valence electrons. The quantitative estimate of drug-likeness (QED) is 0.730. The van der Waals surface area contributed by atoms with Crippen molar-refractivity contribution in [1.82, 2.24) is 15.5 Å². The van der Waals surface area contributed by atoms with Crippen LogP contribution in [0.3, 0.4) is 0 Å². The van der Waals surface area contributed by atoms with Gasteiger partial charge in [0.15, 0.2) is 0 Å². The molecule has 1 aliphatic carbocycles. The lowest BCUT2D eigenvalue weighted by Crippen LogP contribution is -2.65. The lowest BCUT2D eigenvalue weighted by molar-refractivity contribution is 0.0204.